The summed E-state index contributed by atoms with van der Waals surface area (Å²) in [4.78, 5) is 20.9. The number of rotatable bonds is 3. The van der Waals surface area contributed by atoms with E-state index in [0.717, 1.165) is 22.6 Å². The van der Waals surface area contributed by atoms with Crippen molar-refractivity contribution in [3.8, 4) is 0 Å². The van der Waals surface area contributed by atoms with Crippen LogP contribution < -0.4 is 15.8 Å². The average molecular weight is 364 g/mol. The van der Waals surface area contributed by atoms with Crippen LogP contribution in [0.1, 0.15) is 30.8 Å². The number of halogens is 1. The summed E-state index contributed by atoms with van der Waals surface area (Å²) in [6.07, 6.45) is 10.6. The molecule has 1 atom stereocenters. The van der Waals surface area contributed by atoms with E-state index in [-0.39, 0.29) is 18.6 Å². The Morgan fingerprint density at radius 3 is 2.74 bits per heavy atom. The summed E-state index contributed by atoms with van der Waals surface area (Å²) in [5.41, 5.74) is 1.32. The monoisotopic (exact) mass is 364 g/mol. The van der Waals surface area contributed by atoms with Gasteiger partial charge in [0.15, 0.2) is 0 Å². The van der Waals surface area contributed by atoms with Crippen molar-refractivity contribution < 1.29 is 10.6 Å². The van der Waals surface area contributed by atoms with E-state index in [4.69, 9.17) is 0 Å². The second-order valence-corrected chi connectivity index (χ2v) is 7.02. The van der Waals surface area contributed by atoms with Crippen LogP contribution >= 0.6 is 0 Å². The fraction of sp³-hybridized carbons (Fsp3) is 0.190. The first kappa shape index (κ1) is 17.1. The molecule has 0 fully saturated rings. The number of nitrogens with zero attached hydrogens (tertiary/aromatic N) is 3. The van der Waals surface area contributed by atoms with Crippen LogP contribution in [0.4, 0.5) is 10.2 Å². The molecule has 3 aromatic rings. The molecule has 0 saturated carbocycles. The van der Waals surface area contributed by atoms with Gasteiger partial charge in [-0.05, 0) is 47.2 Å². The zero-order valence-electron chi connectivity index (χ0n) is 15.1. The lowest BCUT2D eigenvalue weighted by atomic mass is 9.80. The first-order chi connectivity index (χ1) is 12.9. The normalized spacial score (nSPS) is 18.2. The van der Waals surface area contributed by atoms with Gasteiger partial charge in [0.2, 0.25) is 0 Å². The van der Waals surface area contributed by atoms with E-state index in [1.165, 1.54) is 24.3 Å². The Kier molecular flexibility index (Phi) is 4.11. The highest BCUT2D eigenvalue weighted by atomic mass is 19.1. The Morgan fingerprint density at radius 2 is 2.04 bits per heavy atom. The minimum Gasteiger partial charge on any atom is -0.337 e. The number of pyridine rings is 1. The summed E-state index contributed by atoms with van der Waals surface area (Å²) in [5.74, 6) is -0.239. The number of carbonyl (C=O) groups is 1. The topological polar surface area (TPSA) is 59.8 Å². The van der Waals surface area contributed by atoms with Crippen molar-refractivity contribution in [2.24, 2.45) is 7.05 Å². The van der Waals surface area contributed by atoms with E-state index in [1.54, 1.807) is 12.5 Å². The molecule has 0 radical (unpaired) electrons. The van der Waals surface area contributed by atoms with Crippen LogP contribution in [0, 0.1) is 5.82 Å². The van der Waals surface area contributed by atoms with Gasteiger partial charge in [-0.2, -0.15) is 0 Å². The van der Waals surface area contributed by atoms with Crippen LogP contribution in [-0.4, -0.2) is 20.4 Å². The van der Waals surface area contributed by atoms with E-state index in [0.29, 0.717) is 11.4 Å². The highest BCUT2D eigenvalue weighted by Crippen LogP contribution is 2.30. The third kappa shape index (κ3) is 3.26. The summed E-state index contributed by atoms with van der Waals surface area (Å²) in [6.45, 7) is 2.17. The van der Waals surface area contributed by atoms with E-state index in [1.807, 2.05) is 23.9 Å². The van der Waals surface area contributed by atoms with Gasteiger partial charge in [-0.3, -0.25) is 4.79 Å². The first-order valence-corrected chi connectivity index (χ1v) is 8.67. The molecule has 2 heterocycles. The molecule has 6 heteroatoms. The van der Waals surface area contributed by atoms with Crippen LogP contribution in [0.5, 0.6) is 0 Å². The van der Waals surface area contributed by atoms with Gasteiger partial charge in [0.05, 0.1) is 6.33 Å². The van der Waals surface area contributed by atoms with Gasteiger partial charge in [-0.15, -0.1) is 0 Å². The Hall–Kier alpha value is -3.28. The summed E-state index contributed by atoms with van der Waals surface area (Å²) >= 11 is 0. The number of aromatic nitrogens is 3. The lowest BCUT2D eigenvalue weighted by molar-refractivity contribution is 0.102. The van der Waals surface area contributed by atoms with Crippen LogP contribution in [0.3, 0.4) is 0 Å². The van der Waals surface area contributed by atoms with Crippen molar-refractivity contribution in [3.63, 3.8) is 0 Å². The molecular formula is C21H21FN4O. The molecule has 1 aliphatic carbocycles. The summed E-state index contributed by atoms with van der Waals surface area (Å²) in [7, 11) is 1.98. The van der Waals surface area contributed by atoms with Gasteiger partial charge in [-0.1, -0.05) is 19.1 Å². The van der Waals surface area contributed by atoms with Crippen LogP contribution in [0.2, 0.25) is 0 Å². The van der Waals surface area contributed by atoms with E-state index in [2.05, 4.69) is 34.4 Å². The Balaban J connectivity index is 0.00000225. The Bertz CT molecular complexity index is 1140. The van der Waals surface area contributed by atoms with Crippen LogP contribution in [0.15, 0.2) is 49.1 Å². The molecule has 1 amide bonds. The number of hydrogen-bond acceptors (Lipinski definition) is 3. The smallest absolute Gasteiger partial charge is 0.256 e. The molecule has 0 bridgehead atoms. The molecule has 138 valence electrons. The second kappa shape index (κ2) is 6.46. The fourth-order valence-electron chi connectivity index (χ4n) is 3.45. The largest absolute Gasteiger partial charge is 0.337 e. The van der Waals surface area contributed by atoms with Crippen molar-refractivity contribution in [1.29, 1.82) is 0 Å². The summed E-state index contributed by atoms with van der Waals surface area (Å²) in [5, 5.41) is 4.82. The van der Waals surface area contributed by atoms with Crippen molar-refractivity contribution >= 4 is 23.9 Å². The molecule has 1 unspecified atom stereocenters. The molecule has 1 aliphatic rings. The number of amides is 1. The number of aryl methyl sites for hydroxylation is 1. The maximum Gasteiger partial charge on any atom is 0.256 e. The van der Waals surface area contributed by atoms with Gasteiger partial charge < -0.3 is 9.88 Å². The average Bonchev–Trinajstić information content (AvgIpc) is 3.09. The lowest BCUT2D eigenvalue weighted by Gasteiger charge is -2.27. The highest BCUT2D eigenvalue weighted by molar-refractivity contribution is 6.03. The quantitative estimate of drug-likeness (QED) is 0.776. The minimum atomic E-state index is -0.377. The van der Waals surface area contributed by atoms with Gasteiger partial charge in [0.1, 0.15) is 11.6 Å². The molecule has 4 rings (SSSR count). The van der Waals surface area contributed by atoms with Crippen molar-refractivity contribution in [1.82, 2.24) is 14.5 Å². The summed E-state index contributed by atoms with van der Waals surface area (Å²) < 4.78 is 15.0. The molecule has 0 saturated heterocycles. The van der Waals surface area contributed by atoms with E-state index in [9.17, 15) is 9.18 Å². The zero-order valence-corrected chi connectivity index (χ0v) is 15.1. The number of fused-ring (bicyclic) bond motifs is 1. The lowest BCUT2D eigenvalue weighted by Crippen LogP contribution is -2.36. The first-order valence-electron chi connectivity index (χ1n) is 8.67. The third-order valence-corrected chi connectivity index (χ3v) is 4.94. The molecule has 1 N–H and O–H groups in total. The zero-order chi connectivity index (χ0) is 19.0. The number of anilines is 1. The number of benzene rings is 1. The molecule has 27 heavy (non-hydrogen) atoms. The van der Waals surface area contributed by atoms with Crippen LogP contribution in [-0.2, 0) is 12.5 Å². The molecule has 2 aromatic heterocycles. The van der Waals surface area contributed by atoms with Gasteiger partial charge >= 0.3 is 0 Å². The molecule has 0 aliphatic heterocycles. The number of hydrogen-bond donors (Lipinski definition) is 1. The fourth-order valence-corrected chi connectivity index (χ4v) is 3.45. The van der Waals surface area contributed by atoms with Gasteiger partial charge in [-0.25, -0.2) is 14.4 Å². The molecule has 5 nitrogen and oxygen atoms in total. The number of imidazole rings is 1. The van der Waals surface area contributed by atoms with Crippen molar-refractivity contribution in [2.45, 2.75) is 18.8 Å². The number of nitrogens with one attached hydrogen (secondary N) is 1. The van der Waals surface area contributed by atoms with Gasteiger partial charge in [0, 0.05) is 37.5 Å². The second-order valence-electron chi connectivity index (χ2n) is 7.02. The standard InChI is InChI=1S/C21H19FN4O.H2/c1-21(18-12-23-13-26(18)2)8-7-15-11-24-19(9-16(15)10-21)25-20(27)14-3-5-17(22)6-4-14;/h3-7,9-13H,8H2,1-2H3,(H,25,27);1H. The summed E-state index contributed by atoms with van der Waals surface area (Å²) in [6, 6.07) is 7.28. The molecule has 1 aromatic carbocycles. The Labute approximate surface area is 157 Å². The SMILES string of the molecule is Cn1cncc1C1(C)C=c2cc(NC(=O)c3ccc(F)cc3)ncc2=CC1.[HH]. The van der Waals surface area contributed by atoms with Gasteiger partial charge in [0.25, 0.3) is 5.91 Å². The molecule has 0 spiro atoms. The van der Waals surface area contributed by atoms with E-state index >= 15 is 0 Å². The Morgan fingerprint density at radius 1 is 1.26 bits per heavy atom. The maximum atomic E-state index is 13.0. The minimum absolute atomic E-state index is 0. The third-order valence-electron chi connectivity index (χ3n) is 4.94. The molecular weight excluding hydrogens is 343 g/mol. The van der Waals surface area contributed by atoms with Crippen molar-refractivity contribution in [2.75, 3.05) is 5.32 Å². The highest BCUT2D eigenvalue weighted by Gasteiger charge is 2.27. The predicted molar refractivity (Wildman–Crippen MR) is 104 cm³/mol. The van der Waals surface area contributed by atoms with E-state index < -0.39 is 0 Å². The van der Waals surface area contributed by atoms with Crippen LogP contribution in [0.25, 0.3) is 12.2 Å². The maximum absolute atomic E-state index is 13.0. The predicted octanol–water partition coefficient (Wildman–Crippen LogP) is 2.38. The number of carbonyl (C=O) groups excluding carboxylic acids is 1. The van der Waals surface area contributed by atoms with Crippen molar-refractivity contribution in [3.05, 3.63) is 76.6 Å².